The molecule has 1 aromatic rings. The first-order chi connectivity index (χ1) is 8.24. The molecule has 0 atom stereocenters. The highest BCUT2D eigenvalue weighted by atomic mass is 15.1. The molecule has 0 aromatic carbocycles. The third-order valence-corrected chi connectivity index (χ3v) is 3.10. The summed E-state index contributed by atoms with van der Waals surface area (Å²) in [5.41, 5.74) is 2.27. The van der Waals surface area contributed by atoms with Gasteiger partial charge in [0.05, 0.1) is 5.69 Å². The number of hydrogen-bond acceptors (Lipinski definition) is 3. The lowest BCUT2D eigenvalue weighted by atomic mass is 10.3. The van der Waals surface area contributed by atoms with Gasteiger partial charge >= 0.3 is 0 Å². The number of nitrogens with zero attached hydrogens (tertiary/aromatic N) is 2. The maximum absolute atomic E-state index is 4.52. The number of pyridine rings is 1. The molecule has 1 aliphatic rings. The predicted octanol–water partition coefficient (Wildman–Crippen LogP) is 1.96. The van der Waals surface area contributed by atoms with E-state index < -0.39 is 0 Å². The number of rotatable bonds is 7. The maximum Gasteiger partial charge on any atom is 0.0547 e. The third-order valence-electron chi connectivity index (χ3n) is 3.10. The molecular formula is C14H23N3. The van der Waals surface area contributed by atoms with E-state index in [2.05, 4.69) is 34.4 Å². The second-order valence-corrected chi connectivity index (χ2v) is 5.09. The van der Waals surface area contributed by atoms with Gasteiger partial charge in [-0.2, -0.15) is 0 Å². The van der Waals surface area contributed by atoms with E-state index >= 15 is 0 Å². The van der Waals surface area contributed by atoms with Gasteiger partial charge in [0.25, 0.3) is 0 Å². The normalized spacial score (nSPS) is 15.5. The van der Waals surface area contributed by atoms with Crippen molar-refractivity contribution in [3.05, 3.63) is 29.6 Å². The van der Waals surface area contributed by atoms with Gasteiger partial charge in [0.2, 0.25) is 0 Å². The second-order valence-electron chi connectivity index (χ2n) is 5.09. The minimum Gasteiger partial charge on any atom is -0.314 e. The van der Waals surface area contributed by atoms with Crippen molar-refractivity contribution < 1.29 is 0 Å². The van der Waals surface area contributed by atoms with E-state index in [1.165, 1.54) is 25.0 Å². The predicted molar refractivity (Wildman–Crippen MR) is 70.9 cm³/mol. The molecule has 0 aliphatic heterocycles. The van der Waals surface area contributed by atoms with Gasteiger partial charge in [-0.15, -0.1) is 0 Å². The molecule has 0 saturated heterocycles. The Morgan fingerprint density at radius 1 is 1.41 bits per heavy atom. The van der Waals surface area contributed by atoms with E-state index in [-0.39, 0.29) is 0 Å². The molecule has 1 saturated carbocycles. The van der Waals surface area contributed by atoms with Crippen LogP contribution in [-0.2, 0) is 6.54 Å². The van der Waals surface area contributed by atoms with Crippen LogP contribution in [0.5, 0.6) is 0 Å². The summed E-state index contributed by atoms with van der Waals surface area (Å²) in [6.45, 7) is 5.28. The van der Waals surface area contributed by atoms with Crippen LogP contribution in [0.25, 0.3) is 0 Å². The van der Waals surface area contributed by atoms with Crippen LogP contribution in [0.4, 0.5) is 0 Å². The summed E-state index contributed by atoms with van der Waals surface area (Å²) in [5.74, 6) is 0. The molecule has 0 spiro atoms. The van der Waals surface area contributed by atoms with E-state index in [1.807, 2.05) is 13.0 Å². The zero-order chi connectivity index (χ0) is 12.1. The Morgan fingerprint density at radius 2 is 2.24 bits per heavy atom. The van der Waals surface area contributed by atoms with Crippen molar-refractivity contribution >= 4 is 0 Å². The van der Waals surface area contributed by atoms with Gasteiger partial charge in [-0.25, -0.2) is 0 Å². The van der Waals surface area contributed by atoms with Gasteiger partial charge in [0, 0.05) is 18.3 Å². The van der Waals surface area contributed by atoms with Crippen molar-refractivity contribution in [3.8, 4) is 0 Å². The summed E-state index contributed by atoms with van der Waals surface area (Å²) in [6.07, 6.45) is 3.98. The van der Waals surface area contributed by atoms with Gasteiger partial charge in [0.1, 0.15) is 0 Å². The van der Waals surface area contributed by atoms with E-state index in [0.29, 0.717) is 0 Å². The van der Waals surface area contributed by atoms with E-state index in [0.717, 1.165) is 31.4 Å². The van der Waals surface area contributed by atoms with Crippen molar-refractivity contribution in [1.82, 2.24) is 15.2 Å². The lowest BCUT2D eigenvalue weighted by Crippen LogP contribution is -2.25. The highest BCUT2D eigenvalue weighted by Gasteiger charge is 2.19. The summed E-state index contributed by atoms with van der Waals surface area (Å²) in [4.78, 5) is 6.87. The topological polar surface area (TPSA) is 28.2 Å². The molecule has 0 amide bonds. The first-order valence-electron chi connectivity index (χ1n) is 6.58. The van der Waals surface area contributed by atoms with E-state index in [4.69, 9.17) is 0 Å². The Bertz CT molecular complexity index is 347. The van der Waals surface area contributed by atoms with Gasteiger partial charge in [-0.3, -0.25) is 4.98 Å². The molecule has 3 heteroatoms. The van der Waals surface area contributed by atoms with Crippen molar-refractivity contribution in [2.75, 3.05) is 20.1 Å². The molecule has 1 heterocycles. The molecule has 17 heavy (non-hydrogen) atoms. The molecule has 0 unspecified atom stereocenters. The van der Waals surface area contributed by atoms with Gasteiger partial charge in [-0.05, 0) is 58.5 Å². The van der Waals surface area contributed by atoms with Crippen LogP contribution in [0.3, 0.4) is 0 Å². The van der Waals surface area contributed by atoms with Gasteiger partial charge in [-0.1, -0.05) is 6.07 Å². The minimum absolute atomic E-state index is 0.832. The quantitative estimate of drug-likeness (QED) is 0.730. The second kappa shape index (κ2) is 6.12. The molecule has 1 fully saturated rings. The van der Waals surface area contributed by atoms with Crippen molar-refractivity contribution in [1.29, 1.82) is 0 Å². The Morgan fingerprint density at radius 3 is 2.94 bits per heavy atom. The van der Waals surface area contributed by atoms with Crippen molar-refractivity contribution in [3.63, 3.8) is 0 Å². The van der Waals surface area contributed by atoms with Gasteiger partial charge < -0.3 is 10.2 Å². The molecule has 2 rings (SSSR count). The van der Waals surface area contributed by atoms with Crippen molar-refractivity contribution in [2.45, 2.75) is 38.8 Å². The number of nitrogens with one attached hydrogen (secondary N) is 1. The number of hydrogen-bond donors (Lipinski definition) is 1. The summed E-state index contributed by atoms with van der Waals surface area (Å²) in [5, 5.41) is 3.54. The summed E-state index contributed by atoms with van der Waals surface area (Å²) >= 11 is 0. The van der Waals surface area contributed by atoms with Crippen LogP contribution >= 0.6 is 0 Å². The molecular weight excluding hydrogens is 210 g/mol. The monoisotopic (exact) mass is 233 g/mol. The smallest absolute Gasteiger partial charge is 0.0547 e. The van der Waals surface area contributed by atoms with E-state index in [1.54, 1.807) is 0 Å². The number of aryl methyl sites for hydroxylation is 1. The molecule has 94 valence electrons. The standard InChI is InChI=1S/C14H23N3/c1-12-5-3-6-14(16-12)11-17(2)10-4-9-15-13-7-8-13/h3,5-6,13,15H,4,7-11H2,1-2H3. The third kappa shape index (κ3) is 4.84. The molecule has 0 radical (unpaired) electrons. The Labute approximate surface area is 104 Å². The Balaban J connectivity index is 1.63. The lowest BCUT2D eigenvalue weighted by molar-refractivity contribution is 0.315. The molecule has 1 N–H and O–H groups in total. The van der Waals surface area contributed by atoms with Crippen LogP contribution in [-0.4, -0.2) is 36.1 Å². The minimum atomic E-state index is 0.832. The average molecular weight is 233 g/mol. The van der Waals surface area contributed by atoms with Crippen LogP contribution in [0.1, 0.15) is 30.7 Å². The average Bonchev–Trinajstić information content (AvgIpc) is 3.08. The van der Waals surface area contributed by atoms with Crippen LogP contribution in [0.15, 0.2) is 18.2 Å². The Hall–Kier alpha value is -0.930. The Kier molecular flexibility index (Phi) is 4.51. The number of aromatic nitrogens is 1. The summed E-state index contributed by atoms with van der Waals surface area (Å²) < 4.78 is 0. The molecule has 3 nitrogen and oxygen atoms in total. The SMILES string of the molecule is Cc1cccc(CN(C)CCCNC2CC2)n1. The molecule has 1 aliphatic carbocycles. The van der Waals surface area contributed by atoms with Gasteiger partial charge in [0.15, 0.2) is 0 Å². The van der Waals surface area contributed by atoms with Crippen LogP contribution in [0.2, 0.25) is 0 Å². The first-order valence-corrected chi connectivity index (χ1v) is 6.58. The zero-order valence-corrected chi connectivity index (χ0v) is 10.9. The van der Waals surface area contributed by atoms with Crippen LogP contribution in [0, 0.1) is 6.92 Å². The molecule has 1 aromatic heterocycles. The summed E-state index contributed by atoms with van der Waals surface area (Å²) in [7, 11) is 2.17. The zero-order valence-electron chi connectivity index (χ0n) is 10.9. The fraction of sp³-hybridized carbons (Fsp3) is 0.643. The fourth-order valence-electron chi connectivity index (χ4n) is 1.99. The highest BCUT2D eigenvalue weighted by molar-refractivity contribution is 5.09. The molecule has 0 bridgehead atoms. The summed E-state index contributed by atoms with van der Waals surface area (Å²) in [6, 6.07) is 7.06. The largest absolute Gasteiger partial charge is 0.314 e. The van der Waals surface area contributed by atoms with Crippen molar-refractivity contribution in [2.24, 2.45) is 0 Å². The first kappa shape index (κ1) is 12.5. The fourth-order valence-corrected chi connectivity index (χ4v) is 1.99. The van der Waals surface area contributed by atoms with E-state index in [9.17, 15) is 0 Å². The van der Waals surface area contributed by atoms with Crippen LogP contribution < -0.4 is 5.32 Å². The highest BCUT2D eigenvalue weighted by Crippen LogP contribution is 2.18. The maximum atomic E-state index is 4.52. The lowest BCUT2D eigenvalue weighted by Gasteiger charge is -2.16.